The minimum atomic E-state index is -0.611. The minimum absolute atomic E-state index is 0.00737. The molecule has 0 aliphatic heterocycles. The van der Waals surface area contributed by atoms with Gasteiger partial charge in [0.2, 0.25) is 5.15 Å². The number of allylic oxidation sites excluding steroid dienone is 1. The molecular weight excluding hydrogens is 1370 g/mol. The van der Waals surface area contributed by atoms with Crippen molar-refractivity contribution in [3.8, 4) is 0 Å². The van der Waals surface area contributed by atoms with Gasteiger partial charge in [0.25, 0.3) is 0 Å². The number of hydrogen-bond acceptors (Lipinski definition) is 16. The number of H-pyrrole nitrogens is 4. The van der Waals surface area contributed by atoms with E-state index in [1.807, 2.05) is 0 Å². The van der Waals surface area contributed by atoms with Crippen LogP contribution < -0.4 is 11.3 Å². The Morgan fingerprint density at radius 3 is 1.28 bits per heavy atom. The van der Waals surface area contributed by atoms with E-state index in [1.165, 1.54) is 41.4 Å². The Labute approximate surface area is 620 Å². The highest BCUT2D eigenvalue weighted by Crippen LogP contribution is 2.44. The average molecular weight is 1480 g/mol. The summed E-state index contributed by atoms with van der Waals surface area (Å²) in [5, 5.41) is 41.4. The van der Waals surface area contributed by atoms with Crippen molar-refractivity contribution < 1.29 is 24.7 Å². The number of halogens is 1. The van der Waals surface area contributed by atoms with Gasteiger partial charge in [-0.3, -0.25) is 39.9 Å². The number of aromatic nitrogens is 6. The van der Waals surface area contributed by atoms with Crippen molar-refractivity contribution in [1.29, 1.82) is 0 Å². The second-order valence-electron chi connectivity index (χ2n) is 35.1. The van der Waals surface area contributed by atoms with Gasteiger partial charge >= 0.3 is 22.6 Å². The largest absolute Gasteiger partial charge is 0.515 e. The quantitative estimate of drug-likeness (QED) is 0.0240. The molecule has 0 aromatic carbocycles. The van der Waals surface area contributed by atoms with Crippen molar-refractivity contribution in [2.75, 3.05) is 5.73 Å². The van der Waals surface area contributed by atoms with Crippen molar-refractivity contribution in [2.45, 2.75) is 240 Å². The van der Waals surface area contributed by atoms with Crippen LogP contribution in [0.1, 0.15) is 232 Å². The van der Waals surface area contributed by atoms with Crippen molar-refractivity contribution in [3.05, 3.63) is 158 Å². The first-order chi connectivity index (χ1) is 46.6. The van der Waals surface area contributed by atoms with Crippen LogP contribution in [-0.2, 0) is 69.0 Å². The Hall–Kier alpha value is -6.40. The molecule has 6 aliphatic rings. The Balaban J connectivity index is 0.000000171. The molecule has 1 fully saturated rings. The molecule has 24 heteroatoms. The predicted molar refractivity (Wildman–Crippen MR) is 416 cm³/mol. The molecule has 0 saturated heterocycles. The fraction of sp³-hybridized carbons (Fsp3) is 0.623. The molecule has 6 aromatic heterocycles. The minimum Gasteiger partial charge on any atom is -0.515 e. The van der Waals surface area contributed by atoms with Crippen LogP contribution in [0.5, 0.6) is 0 Å². The summed E-state index contributed by atoms with van der Waals surface area (Å²) in [6.07, 6.45) is 18.6. The van der Waals surface area contributed by atoms with Crippen molar-refractivity contribution in [2.24, 2.45) is 68.0 Å². The Kier molecular flexibility index (Phi) is 26.5. The summed E-state index contributed by atoms with van der Waals surface area (Å²) in [4.78, 5) is 76.0. The molecule has 0 bridgehead atoms. The van der Waals surface area contributed by atoms with E-state index < -0.39 is 20.3 Å². The Morgan fingerprint density at radius 2 is 0.842 bits per heavy atom. The summed E-state index contributed by atoms with van der Waals surface area (Å²) in [6, 6.07) is 9.04. The van der Waals surface area contributed by atoms with E-state index in [1.54, 1.807) is 23.5 Å². The number of aliphatic hydroxyl groups is 1. The van der Waals surface area contributed by atoms with E-state index in [4.69, 9.17) is 64.1 Å². The number of rotatable bonds is 3. The number of carbonyl (C=O) groups excluding carboxylic acids is 1. The average Bonchev–Trinajstić information content (AvgIpc) is 1.45. The normalized spacial score (nSPS) is 20.8. The number of fused-ring (bicyclic) bond motifs is 6. The molecule has 552 valence electrons. The van der Waals surface area contributed by atoms with Crippen LogP contribution in [-0.4, -0.2) is 55.6 Å². The van der Waals surface area contributed by atoms with Crippen LogP contribution in [0.4, 0.5) is 22.7 Å². The zero-order valence-corrected chi connectivity index (χ0v) is 66.7. The zero-order valence-electron chi connectivity index (χ0n) is 62.7. The summed E-state index contributed by atoms with van der Waals surface area (Å²) in [5.74, 6) is 3.72. The molecular formula is C77H109ClN10O9S4. The number of carbonyl (C=O) groups is 1. The van der Waals surface area contributed by atoms with Gasteiger partial charge in [0.05, 0.1) is 32.2 Å². The third kappa shape index (κ3) is 21.8. The predicted octanol–water partition coefficient (Wildman–Crippen LogP) is 20.9. The SMILES string of the molecule is CC(C)(C)C1CCC(=O)/C(=C/O)C1.CC(C)(C)C1CCc2[nH]c(=O)c([N+](=O)[O-])cc2C1.CC(C)(C)C1CCc2[nH]c(=S)c(N)cc2C1.CC(C)(C)C1CCc2[nH]c(=S)c([N+](=O)[O-])cc2C1.CC(C)(C)C1CCc2nc(Cl)c([N+](=O)[O-])cc2C1.CC(C)(C)C1CCc2nc3sc(=S)[nH]c3cc2C1. The number of thiazole rings is 1. The van der Waals surface area contributed by atoms with E-state index in [9.17, 15) is 39.9 Å². The Morgan fingerprint density at radius 1 is 0.485 bits per heavy atom. The van der Waals surface area contributed by atoms with E-state index in [0.717, 1.165) is 162 Å². The maximum Gasteiger partial charge on any atom is 0.334 e. The maximum absolute atomic E-state index is 11.5. The summed E-state index contributed by atoms with van der Waals surface area (Å²) in [5.41, 5.74) is 20.1. The van der Waals surface area contributed by atoms with Gasteiger partial charge in [-0.1, -0.05) is 172 Å². The first kappa shape index (κ1) is 81.9. The molecule has 19 nitrogen and oxygen atoms in total. The number of nitrogen functional groups attached to an aromatic ring is 1. The van der Waals surface area contributed by atoms with E-state index in [-0.39, 0.29) is 54.3 Å². The molecule has 7 N–H and O–H groups in total. The third-order valence-electron chi connectivity index (χ3n) is 22.0. The number of Topliss-reactive ketones (excluding diaryl/α,β-unsaturated/α-hetero) is 1. The molecule has 6 heterocycles. The lowest BCUT2D eigenvalue weighted by Crippen LogP contribution is -2.29. The summed E-state index contributed by atoms with van der Waals surface area (Å²) >= 11 is 22.8. The fourth-order valence-corrected chi connectivity index (χ4v) is 16.4. The number of aromatic amines is 4. The van der Waals surface area contributed by atoms with Gasteiger partial charge in [0.1, 0.15) is 9.47 Å². The number of anilines is 1. The van der Waals surface area contributed by atoms with Gasteiger partial charge in [-0.05, 0) is 229 Å². The van der Waals surface area contributed by atoms with Gasteiger partial charge in [-0.2, -0.15) is 0 Å². The number of aryl methyl sites for hydroxylation is 5. The lowest BCUT2D eigenvalue weighted by Gasteiger charge is -2.34. The molecule has 6 unspecified atom stereocenters. The summed E-state index contributed by atoms with van der Waals surface area (Å²) in [6.45, 7) is 40.4. The number of pyridine rings is 5. The lowest BCUT2D eigenvalue weighted by molar-refractivity contribution is -0.386. The highest BCUT2D eigenvalue weighted by atomic mass is 35.5. The van der Waals surface area contributed by atoms with Crippen LogP contribution >= 0.6 is 59.6 Å². The third-order valence-corrected chi connectivity index (χ3v) is 24.1. The second kappa shape index (κ2) is 32.7. The van der Waals surface area contributed by atoms with Crippen molar-refractivity contribution in [3.63, 3.8) is 0 Å². The van der Waals surface area contributed by atoms with E-state index >= 15 is 0 Å². The molecule has 1 saturated carbocycles. The molecule has 6 aliphatic carbocycles. The van der Waals surface area contributed by atoms with Gasteiger partial charge in [0, 0.05) is 58.7 Å². The zero-order chi connectivity index (χ0) is 75.4. The molecule has 101 heavy (non-hydrogen) atoms. The maximum atomic E-state index is 11.5. The first-order valence-electron chi connectivity index (χ1n) is 35.6. The van der Waals surface area contributed by atoms with Crippen LogP contribution in [0.15, 0.2) is 47.0 Å². The molecule has 6 atom stereocenters. The number of hydrogen-bond donors (Lipinski definition) is 6. The molecule has 6 aromatic rings. The highest BCUT2D eigenvalue weighted by molar-refractivity contribution is 7.73. The van der Waals surface area contributed by atoms with Gasteiger partial charge in [-0.15, -0.1) is 0 Å². The highest BCUT2D eigenvalue weighted by Gasteiger charge is 2.36. The lowest BCUT2D eigenvalue weighted by atomic mass is 9.71. The van der Waals surface area contributed by atoms with Gasteiger partial charge < -0.3 is 30.8 Å². The number of aliphatic hydroxyl groups excluding tert-OH is 1. The second-order valence-corrected chi connectivity index (χ2v) is 37.9. The topological polar surface area (TPSA) is 299 Å². The van der Waals surface area contributed by atoms with Crippen molar-refractivity contribution in [1.82, 2.24) is 29.9 Å². The van der Waals surface area contributed by atoms with Crippen LogP contribution in [0.25, 0.3) is 10.3 Å². The van der Waals surface area contributed by atoms with E-state index in [2.05, 4.69) is 162 Å². The molecule has 0 spiro atoms. The fourth-order valence-electron chi connectivity index (χ4n) is 14.7. The first-order valence-corrected chi connectivity index (χ1v) is 38.0. The molecule has 0 amide bonds. The Bertz CT molecular complexity index is 4220. The number of nitrogens with two attached hydrogens (primary N) is 1. The van der Waals surface area contributed by atoms with Crippen LogP contribution in [0.3, 0.4) is 0 Å². The summed E-state index contributed by atoms with van der Waals surface area (Å²) in [7, 11) is 0. The number of ketones is 1. The van der Waals surface area contributed by atoms with Crippen molar-refractivity contribution >= 4 is 98.5 Å². The van der Waals surface area contributed by atoms with Crippen LogP contribution in [0, 0.1) is 112 Å². The molecule has 12 rings (SSSR count). The number of nitrogens with zero attached hydrogens (tertiary/aromatic N) is 5. The number of nitrogens with one attached hydrogen (secondary N) is 4. The van der Waals surface area contributed by atoms with Gasteiger partial charge in [0.15, 0.2) is 14.4 Å². The standard InChI is InChI=1S/C14H18N2S2.C13H17ClN2O2.C13H18N2O3.C13H18N2O2S.C13H20N2S.C11H18O2/c1-14(2,3)9-4-5-10-8(6-9)7-11-12(15-10)18-13(17)16-11;1-13(2,3)9-4-5-10-8(6-9)7-11(16(17)18)12(14)15-10;1-13(2,3)9-4-5-10-8(6-9)7-11(15(17)18)12(16)14-10;1-13(2,3)9-4-5-10-8(6-9)7-11(15(16)17)12(18)14-10;1-13(2,3)9-4-5-11-8(6-9)7-10(14)12(16)15-11;1-11(2,3)9-4-5-10(13)8(6-9)7-12/h7,9H,4-6H2,1-3H3,(H,16,17);7,9H,4-6H2,1-3H3;7,9H,4-6H2,1-3H3,(H,14,16);7,9H,4-6H2,1-3H3,(H,14,18);7,9H,4-6,14H2,1-3H3,(H,15,16);7,9,12H,4-6H2,1-3H3/b;;;;;8-7+. The number of nitro groups is 3. The van der Waals surface area contributed by atoms with Gasteiger partial charge in [-0.25, -0.2) is 9.97 Å². The van der Waals surface area contributed by atoms with Crippen LogP contribution in [0.2, 0.25) is 5.15 Å². The smallest absolute Gasteiger partial charge is 0.334 e. The van der Waals surface area contributed by atoms with E-state index in [0.29, 0.717) is 56.8 Å². The monoisotopic (exact) mass is 1480 g/mol. The molecule has 0 radical (unpaired) electrons. The summed E-state index contributed by atoms with van der Waals surface area (Å²) < 4.78 is 1.76.